The second-order valence-electron chi connectivity index (χ2n) is 4.20. The lowest BCUT2D eigenvalue weighted by molar-refractivity contribution is 0.0586. The van der Waals surface area contributed by atoms with Gasteiger partial charge in [0.2, 0.25) is 0 Å². The standard InChI is InChI=1S/C13H19NO/c14-10-13(11-4-2-1-3-5-11)12-6-8-15-9-7-12/h1-5,12-13H,6-10,14H2. The molecule has 0 aliphatic carbocycles. The van der Waals surface area contributed by atoms with Gasteiger partial charge >= 0.3 is 0 Å². The van der Waals surface area contributed by atoms with Crippen molar-refractivity contribution in [2.45, 2.75) is 18.8 Å². The summed E-state index contributed by atoms with van der Waals surface area (Å²) in [5.41, 5.74) is 7.28. The molecule has 2 nitrogen and oxygen atoms in total. The minimum atomic E-state index is 0.509. The first-order valence-corrected chi connectivity index (χ1v) is 5.74. The van der Waals surface area contributed by atoms with Gasteiger partial charge in [0.25, 0.3) is 0 Å². The SMILES string of the molecule is NCC(c1ccccc1)C1CCOCC1. The van der Waals surface area contributed by atoms with E-state index in [0.29, 0.717) is 11.8 Å². The third-order valence-corrected chi connectivity index (χ3v) is 3.32. The molecule has 0 radical (unpaired) electrons. The fourth-order valence-electron chi connectivity index (χ4n) is 2.42. The molecule has 2 rings (SSSR count). The predicted octanol–water partition coefficient (Wildman–Crippen LogP) is 2.16. The normalized spacial score (nSPS) is 20.1. The second-order valence-corrected chi connectivity index (χ2v) is 4.20. The maximum Gasteiger partial charge on any atom is 0.0468 e. The Kier molecular flexibility index (Phi) is 3.75. The van der Waals surface area contributed by atoms with Crippen LogP contribution in [0.15, 0.2) is 30.3 Å². The van der Waals surface area contributed by atoms with Gasteiger partial charge in [-0.1, -0.05) is 30.3 Å². The number of hydrogen-bond donors (Lipinski definition) is 1. The highest BCUT2D eigenvalue weighted by atomic mass is 16.5. The highest BCUT2D eigenvalue weighted by Gasteiger charge is 2.23. The van der Waals surface area contributed by atoms with Crippen molar-refractivity contribution in [3.05, 3.63) is 35.9 Å². The van der Waals surface area contributed by atoms with E-state index >= 15 is 0 Å². The van der Waals surface area contributed by atoms with Crippen LogP contribution in [0, 0.1) is 5.92 Å². The molecule has 15 heavy (non-hydrogen) atoms. The van der Waals surface area contributed by atoms with Crippen molar-refractivity contribution in [2.75, 3.05) is 19.8 Å². The number of hydrogen-bond acceptors (Lipinski definition) is 2. The van der Waals surface area contributed by atoms with Gasteiger partial charge in [-0.05, 0) is 36.8 Å². The van der Waals surface area contributed by atoms with Crippen LogP contribution in [-0.2, 0) is 4.74 Å². The Morgan fingerprint density at radius 1 is 1.20 bits per heavy atom. The van der Waals surface area contributed by atoms with Gasteiger partial charge in [0.05, 0.1) is 0 Å². The Bertz CT molecular complexity index is 280. The summed E-state index contributed by atoms with van der Waals surface area (Å²) in [5.74, 6) is 1.21. The van der Waals surface area contributed by atoms with Crippen molar-refractivity contribution in [1.29, 1.82) is 0 Å². The van der Waals surface area contributed by atoms with Crippen LogP contribution < -0.4 is 5.73 Å². The zero-order chi connectivity index (χ0) is 10.5. The van der Waals surface area contributed by atoms with Gasteiger partial charge in [-0.15, -0.1) is 0 Å². The summed E-state index contributed by atoms with van der Waals surface area (Å²) in [5, 5.41) is 0. The van der Waals surface area contributed by atoms with E-state index in [2.05, 4.69) is 30.3 Å². The molecule has 0 saturated carbocycles. The van der Waals surface area contributed by atoms with Crippen LogP contribution >= 0.6 is 0 Å². The minimum absolute atomic E-state index is 0.509. The van der Waals surface area contributed by atoms with E-state index in [1.807, 2.05) is 0 Å². The third kappa shape index (κ3) is 2.58. The third-order valence-electron chi connectivity index (χ3n) is 3.32. The Hall–Kier alpha value is -0.860. The predicted molar refractivity (Wildman–Crippen MR) is 61.8 cm³/mol. The highest BCUT2D eigenvalue weighted by Crippen LogP contribution is 2.30. The van der Waals surface area contributed by atoms with E-state index in [-0.39, 0.29) is 0 Å². The number of rotatable bonds is 3. The molecule has 1 heterocycles. The van der Waals surface area contributed by atoms with E-state index in [1.54, 1.807) is 0 Å². The highest BCUT2D eigenvalue weighted by molar-refractivity contribution is 5.20. The molecule has 0 bridgehead atoms. The Labute approximate surface area is 91.4 Å². The van der Waals surface area contributed by atoms with Crippen LogP contribution in [0.25, 0.3) is 0 Å². The summed E-state index contributed by atoms with van der Waals surface area (Å²) in [6, 6.07) is 10.6. The minimum Gasteiger partial charge on any atom is -0.381 e. The molecule has 1 aromatic carbocycles. The van der Waals surface area contributed by atoms with E-state index < -0.39 is 0 Å². The molecule has 2 heteroatoms. The van der Waals surface area contributed by atoms with Crippen molar-refractivity contribution in [1.82, 2.24) is 0 Å². The Balaban J connectivity index is 2.09. The van der Waals surface area contributed by atoms with E-state index in [1.165, 1.54) is 5.56 Å². The zero-order valence-corrected chi connectivity index (χ0v) is 9.06. The van der Waals surface area contributed by atoms with Crippen LogP contribution in [0.4, 0.5) is 0 Å². The smallest absolute Gasteiger partial charge is 0.0468 e. The molecule has 1 aromatic rings. The maximum atomic E-state index is 5.89. The van der Waals surface area contributed by atoms with Crippen LogP contribution in [-0.4, -0.2) is 19.8 Å². The van der Waals surface area contributed by atoms with Gasteiger partial charge in [-0.2, -0.15) is 0 Å². The number of nitrogens with two attached hydrogens (primary N) is 1. The first kappa shape index (κ1) is 10.7. The first-order valence-electron chi connectivity index (χ1n) is 5.74. The molecule has 1 aliphatic heterocycles. The lowest BCUT2D eigenvalue weighted by Crippen LogP contribution is -2.27. The van der Waals surface area contributed by atoms with Crippen molar-refractivity contribution < 1.29 is 4.74 Å². The summed E-state index contributed by atoms with van der Waals surface area (Å²) in [6.45, 7) is 2.54. The maximum absolute atomic E-state index is 5.89. The molecule has 82 valence electrons. The molecule has 2 N–H and O–H groups in total. The van der Waals surface area contributed by atoms with Crippen molar-refractivity contribution in [3.63, 3.8) is 0 Å². The Morgan fingerprint density at radius 2 is 1.87 bits per heavy atom. The van der Waals surface area contributed by atoms with Gasteiger partial charge in [-0.3, -0.25) is 0 Å². The van der Waals surface area contributed by atoms with Gasteiger partial charge in [0.1, 0.15) is 0 Å². The van der Waals surface area contributed by atoms with E-state index in [9.17, 15) is 0 Å². The Morgan fingerprint density at radius 3 is 2.47 bits per heavy atom. The molecule has 0 amide bonds. The molecule has 1 saturated heterocycles. The topological polar surface area (TPSA) is 35.2 Å². The fourth-order valence-corrected chi connectivity index (χ4v) is 2.42. The van der Waals surface area contributed by atoms with Gasteiger partial charge in [-0.25, -0.2) is 0 Å². The molecule has 1 fully saturated rings. The van der Waals surface area contributed by atoms with Gasteiger partial charge < -0.3 is 10.5 Å². The quantitative estimate of drug-likeness (QED) is 0.820. The number of benzene rings is 1. The largest absolute Gasteiger partial charge is 0.381 e. The summed E-state index contributed by atoms with van der Waals surface area (Å²) in [7, 11) is 0. The molecule has 1 aliphatic rings. The van der Waals surface area contributed by atoms with Gasteiger partial charge in [0, 0.05) is 13.2 Å². The average Bonchev–Trinajstić information content (AvgIpc) is 2.33. The fraction of sp³-hybridized carbons (Fsp3) is 0.538. The average molecular weight is 205 g/mol. The molecule has 0 spiro atoms. The van der Waals surface area contributed by atoms with Crippen LogP contribution in [0.3, 0.4) is 0 Å². The van der Waals surface area contributed by atoms with Crippen molar-refractivity contribution in [2.24, 2.45) is 11.7 Å². The summed E-state index contributed by atoms with van der Waals surface area (Å²) >= 11 is 0. The molecule has 0 aromatic heterocycles. The molecular weight excluding hydrogens is 186 g/mol. The van der Waals surface area contributed by atoms with Crippen molar-refractivity contribution in [3.8, 4) is 0 Å². The summed E-state index contributed by atoms with van der Waals surface area (Å²) < 4.78 is 5.39. The molecular formula is C13H19NO. The van der Waals surface area contributed by atoms with Crippen LogP contribution in [0.2, 0.25) is 0 Å². The summed E-state index contributed by atoms with van der Waals surface area (Å²) in [4.78, 5) is 0. The molecule has 1 atom stereocenters. The van der Waals surface area contributed by atoms with Crippen LogP contribution in [0.5, 0.6) is 0 Å². The first-order chi connectivity index (χ1) is 7.42. The van der Waals surface area contributed by atoms with E-state index in [4.69, 9.17) is 10.5 Å². The van der Waals surface area contributed by atoms with Crippen LogP contribution in [0.1, 0.15) is 24.3 Å². The zero-order valence-electron chi connectivity index (χ0n) is 9.06. The number of ether oxygens (including phenoxy) is 1. The molecule has 1 unspecified atom stereocenters. The lowest BCUT2D eigenvalue weighted by atomic mass is 9.81. The lowest BCUT2D eigenvalue weighted by Gasteiger charge is -2.29. The second kappa shape index (κ2) is 5.29. The van der Waals surface area contributed by atoms with E-state index in [0.717, 1.165) is 32.6 Å². The summed E-state index contributed by atoms with van der Waals surface area (Å²) in [6.07, 6.45) is 2.30. The monoisotopic (exact) mass is 205 g/mol. The van der Waals surface area contributed by atoms with Crippen molar-refractivity contribution >= 4 is 0 Å². The van der Waals surface area contributed by atoms with Gasteiger partial charge in [0.15, 0.2) is 0 Å².